The van der Waals surface area contributed by atoms with E-state index in [-0.39, 0.29) is 18.0 Å². The van der Waals surface area contributed by atoms with Crippen molar-refractivity contribution in [2.45, 2.75) is 11.0 Å². The molecular formula is C23H18N2O5S. The lowest BCUT2D eigenvalue weighted by atomic mass is 10.1. The summed E-state index contributed by atoms with van der Waals surface area (Å²) in [6.07, 6.45) is -0.520. The fourth-order valence-electron chi connectivity index (χ4n) is 3.33. The highest BCUT2D eigenvalue weighted by atomic mass is 32.2. The van der Waals surface area contributed by atoms with E-state index in [1.807, 2.05) is 30.3 Å². The molecule has 1 atom stereocenters. The highest BCUT2D eigenvalue weighted by molar-refractivity contribution is 8.00. The first-order valence-corrected chi connectivity index (χ1v) is 10.5. The van der Waals surface area contributed by atoms with Crippen LogP contribution >= 0.6 is 11.8 Å². The summed E-state index contributed by atoms with van der Waals surface area (Å²) in [5, 5.41) is 11.2. The molecule has 8 heteroatoms. The van der Waals surface area contributed by atoms with E-state index in [2.05, 4.69) is 0 Å². The number of nitrogens with zero attached hydrogens (tertiary/aromatic N) is 2. The molecule has 2 amide bonds. The Morgan fingerprint density at radius 2 is 1.71 bits per heavy atom. The summed E-state index contributed by atoms with van der Waals surface area (Å²) in [5.41, 5.74) is 1.08. The number of amides is 2. The van der Waals surface area contributed by atoms with E-state index in [9.17, 15) is 19.7 Å². The summed E-state index contributed by atoms with van der Waals surface area (Å²) in [6.45, 7) is 0.0494. The first kappa shape index (κ1) is 20.6. The molecule has 1 heterocycles. The fourth-order valence-corrected chi connectivity index (χ4v) is 4.23. The number of carbonyl (C=O) groups is 2. The Morgan fingerprint density at radius 1 is 1.03 bits per heavy atom. The minimum Gasteiger partial charge on any atom is -0.483 e. The zero-order valence-corrected chi connectivity index (χ0v) is 17.2. The van der Waals surface area contributed by atoms with Gasteiger partial charge in [0.25, 0.3) is 11.6 Å². The van der Waals surface area contributed by atoms with Crippen molar-refractivity contribution in [3.63, 3.8) is 0 Å². The van der Waals surface area contributed by atoms with Gasteiger partial charge in [-0.2, -0.15) is 0 Å². The quantitative estimate of drug-likeness (QED) is 0.334. The van der Waals surface area contributed by atoms with Gasteiger partial charge in [-0.1, -0.05) is 54.6 Å². The van der Waals surface area contributed by atoms with Gasteiger partial charge in [-0.05, 0) is 23.8 Å². The first-order chi connectivity index (χ1) is 15.0. The fraction of sp³-hybridized carbons (Fsp3) is 0.130. The zero-order valence-electron chi connectivity index (χ0n) is 16.3. The summed E-state index contributed by atoms with van der Waals surface area (Å²) < 4.78 is 6.10. The zero-order chi connectivity index (χ0) is 21.8. The second kappa shape index (κ2) is 9.01. The van der Waals surface area contributed by atoms with Crippen LogP contribution in [0.1, 0.15) is 22.0 Å². The van der Waals surface area contributed by atoms with E-state index in [4.69, 9.17) is 4.74 Å². The Hall–Kier alpha value is -3.65. The molecule has 0 aliphatic carbocycles. The van der Waals surface area contributed by atoms with Gasteiger partial charge < -0.3 is 4.74 Å². The van der Waals surface area contributed by atoms with Crippen LogP contribution in [0.4, 0.5) is 5.69 Å². The number of hydrogen-bond donors (Lipinski definition) is 0. The van der Waals surface area contributed by atoms with Crippen molar-refractivity contribution in [3.8, 4) is 5.75 Å². The number of benzene rings is 3. The van der Waals surface area contributed by atoms with Gasteiger partial charge in [-0.15, -0.1) is 11.8 Å². The molecular weight excluding hydrogens is 416 g/mol. The van der Waals surface area contributed by atoms with E-state index < -0.39 is 22.8 Å². The monoisotopic (exact) mass is 434 g/mol. The molecule has 7 nitrogen and oxygen atoms in total. The SMILES string of the molecule is O=C(CSc1ccccc1[N+](=O)[O-])N1CC(c2ccccc2)Oc2ccccc2C1=O. The maximum absolute atomic E-state index is 13.1. The van der Waals surface area contributed by atoms with Gasteiger partial charge in [-0.3, -0.25) is 24.6 Å². The molecule has 0 N–H and O–H groups in total. The molecule has 0 bridgehead atoms. The molecule has 3 aromatic carbocycles. The van der Waals surface area contributed by atoms with Crippen molar-refractivity contribution in [2.24, 2.45) is 0 Å². The number of carbonyl (C=O) groups excluding carboxylic acids is 2. The number of para-hydroxylation sites is 2. The van der Waals surface area contributed by atoms with Crippen molar-refractivity contribution < 1.29 is 19.2 Å². The standard InChI is InChI=1S/C23H18N2O5S/c26-22(15-31-21-13-7-5-11-18(21)25(28)29)24-14-20(16-8-2-1-3-9-16)30-19-12-6-4-10-17(19)23(24)27/h1-13,20H,14-15H2. The molecule has 3 aromatic rings. The summed E-state index contributed by atoms with van der Waals surface area (Å²) in [5.74, 6) is -0.570. The normalized spacial score (nSPS) is 15.5. The molecule has 4 rings (SSSR count). The van der Waals surface area contributed by atoms with E-state index in [1.54, 1.807) is 42.5 Å². The Kier molecular flexibility index (Phi) is 5.99. The van der Waals surface area contributed by atoms with E-state index in [1.165, 1.54) is 11.0 Å². The smallest absolute Gasteiger partial charge is 0.282 e. The lowest BCUT2D eigenvalue weighted by molar-refractivity contribution is -0.387. The highest BCUT2D eigenvalue weighted by Gasteiger charge is 2.33. The number of rotatable bonds is 5. The molecule has 31 heavy (non-hydrogen) atoms. The molecule has 0 aromatic heterocycles. The molecule has 1 unspecified atom stereocenters. The van der Waals surface area contributed by atoms with E-state index >= 15 is 0 Å². The molecule has 1 aliphatic rings. The average molecular weight is 434 g/mol. The minimum atomic E-state index is -0.520. The van der Waals surface area contributed by atoms with Gasteiger partial charge in [-0.25, -0.2) is 0 Å². The van der Waals surface area contributed by atoms with Crippen molar-refractivity contribution in [1.82, 2.24) is 4.90 Å². The summed E-state index contributed by atoms with van der Waals surface area (Å²) in [6, 6.07) is 22.4. The third-order valence-corrected chi connectivity index (χ3v) is 5.91. The lowest BCUT2D eigenvalue weighted by Crippen LogP contribution is -2.40. The molecule has 0 saturated heterocycles. The maximum Gasteiger partial charge on any atom is 0.282 e. The molecule has 0 fully saturated rings. The van der Waals surface area contributed by atoms with Gasteiger partial charge in [0.1, 0.15) is 11.9 Å². The number of nitro benzene ring substituents is 1. The third-order valence-electron chi connectivity index (χ3n) is 4.87. The third kappa shape index (κ3) is 4.44. The van der Waals surface area contributed by atoms with Crippen molar-refractivity contribution in [1.29, 1.82) is 0 Å². The van der Waals surface area contributed by atoms with Gasteiger partial charge >= 0.3 is 0 Å². The van der Waals surface area contributed by atoms with Crippen molar-refractivity contribution in [2.75, 3.05) is 12.3 Å². The van der Waals surface area contributed by atoms with Crippen LogP contribution in [-0.4, -0.2) is 33.9 Å². The van der Waals surface area contributed by atoms with Gasteiger partial charge in [0.05, 0.1) is 27.7 Å². The van der Waals surface area contributed by atoms with Crippen molar-refractivity contribution >= 4 is 29.3 Å². The average Bonchev–Trinajstić information content (AvgIpc) is 2.95. The molecule has 156 valence electrons. The minimum absolute atomic E-state index is 0.0494. The predicted molar refractivity (Wildman–Crippen MR) is 116 cm³/mol. The summed E-state index contributed by atoms with van der Waals surface area (Å²) >= 11 is 1.04. The molecule has 0 spiro atoms. The Morgan fingerprint density at radius 3 is 2.48 bits per heavy atom. The van der Waals surface area contributed by atoms with Crippen LogP contribution in [0.5, 0.6) is 5.75 Å². The van der Waals surface area contributed by atoms with Crippen LogP contribution in [0.15, 0.2) is 83.8 Å². The highest BCUT2D eigenvalue weighted by Crippen LogP contribution is 2.33. The first-order valence-electron chi connectivity index (χ1n) is 9.56. The largest absolute Gasteiger partial charge is 0.483 e. The summed E-state index contributed by atoms with van der Waals surface area (Å²) in [4.78, 5) is 38.5. The lowest BCUT2D eigenvalue weighted by Gasteiger charge is -2.23. The molecule has 1 aliphatic heterocycles. The topological polar surface area (TPSA) is 89.8 Å². The number of imide groups is 1. The maximum atomic E-state index is 13.1. The summed E-state index contributed by atoms with van der Waals surface area (Å²) in [7, 11) is 0. The number of fused-ring (bicyclic) bond motifs is 1. The van der Waals surface area contributed by atoms with Gasteiger partial charge in [0.2, 0.25) is 5.91 Å². The molecule has 0 saturated carbocycles. The van der Waals surface area contributed by atoms with Crippen LogP contribution in [0, 0.1) is 10.1 Å². The van der Waals surface area contributed by atoms with Crippen molar-refractivity contribution in [3.05, 3.63) is 100 Å². The number of hydrogen-bond acceptors (Lipinski definition) is 6. The molecule has 0 radical (unpaired) electrons. The van der Waals surface area contributed by atoms with Crippen LogP contribution in [0.2, 0.25) is 0 Å². The van der Waals surface area contributed by atoms with Crippen LogP contribution in [0.3, 0.4) is 0 Å². The van der Waals surface area contributed by atoms with Gasteiger partial charge in [0.15, 0.2) is 0 Å². The van der Waals surface area contributed by atoms with E-state index in [0.29, 0.717) is 16.2 Å². The second-order valence-corrected chi connectivity index (χ2v) is 7.85. The predicted octanol–water partition coefficient (Wildman–Crippen LogP) is 4.49. The van der Waals surface area contributed by atoms with Crippen LogP contribution in [0.25, 0.3) is 0 Å². The van der Waals surface area contributed by atoms with E-state index in [0.717, 1.165) is 17.3 Å². The Labute approximate surface area is 182 Å². The number of nitro groups is 1. The number of ether oxygens (including phenoxy) is 1. The Bertz CT molecular complexity index is 1140. The van der Waals surface area contributed by atoms with Crippen LogP contribution in [-0.2, 0) is 4.79 Å². The Balaban J connectivity index is 1.60. The van der Waals surface area contributed by atoms with Gasteiger partial charge in [0, 0.05) is 6.07 Å². The van der Waals surface area contributed by atoms with Crippen LogP contribution < -0.4 is 4.74 Å². The number of thioether (sulfide) groups is 1. The second-order valence-electron chi connectivity index (χ2n) is 6.84.